The maximum atomic E-state index is 9.10. The van der Waals surface area contributed by atoms with E-state index in [1.165, 1.54) is 57.8 Å². The molecule has 2 N–H and O–H groups in total. The van der Waals surface area contributed by atoms with E-state index in [0.29, 0.717) is 0 Å². The van der Waals surface area contributed by atoms with Crippen molar-refractivity contribution in [1.82, 2.24) is 0 Å². The predicted molar refractivity (Wildman–Crippen MR) is 73.9 cm³/mol. The lowest BCUT2D eigenvalue weighted by Gasteiger charge is -2.05. The van der Waals surface area contributed by atoms with Crippen molar-refractivity contribution in [2.24, 2.45) is 0 Å². The second-order valence-electron chi connectivity index (χ2n) is 4.96. The summed E-state index contributed by atoms with van der Waals surface area (Å²) in [4.78, 5) is 0. The third kappa shape index (κ3) is 13.9. The zero-order chi connectivity index (χ0) is 12.8. The molecule has 0 amide bonds. The van der Waals surface area contributed by atoms with Gasteiger partial charge in [-0.2, -0.15) is 0 Å². The van der Waals surface area contributed by atoms with Gasteiger partial charge in [-0.1, -0.05) is 71.1 Å². The highest BCUT2D eigenvalue weighted by atomic mass is 16.3. The minimum Gasteiger partial charge on any atom is -0.394 e. The van der Waals surface area contributed by atoms with E-state index in [1.807, 2.05) is 6.42 Å². The second-order valence-corrected chi connectivity index (χ2v) is 4.96. The number of rotatable bonds is 13. The second kappa shape index (κ2) is 14.0. The maximum Gasteiger partial charge on any atom is 0.0802 e. The molecule has 0 aromatic carbocycles. The lowest BCUT2D eigenvalue weighted by Crippen LogP contribution is -2.11. The number of hydrogen-bond acceptors (Lipinski definition) is 2. The SMILES string of the molecule is CCCCCCCCCCCC[CH]C(O)CO. The summed E-state index contributed by atoms with van der Waals surface area (Å²) in [5.74, 6) is 0. The van der Waals surface area contributed by atoms with E-state index < -0.39 is 6.10 Å². The van der Waals surface area contributed by atoms with E-state index in [0.717, 1.165) is 12.8 Å². The zero-order valence-electron chi connectivity index (χ0n) is 11.5. The fourth-order valence-electron chi connectivity index (χ4n) is 2.02. The highest BCUT2D eigenvalue weighted by molar-refractivity contribution is 4.73. The first-order valence-corrected chi connectivity index (χ1v) is 7.43. The molecule has 1 unspecified atom stereocenters. The van der Waals surface area contributed by atoms with Crippen molar-refractivity contribution in [2.45, 2.75) is 83.7 Å². The molecule has 0 aliphatic heterocycles. The molecule has 0 rings (SSSR count). The molecule has 0 saturated heterocycles. The van der Waals surface area contributed by atoms with Crippen molar-refractivity contribution in [3.05, 3.63) is 6.42 Å². The van der Waals surface area contributed by atoms with Gasteiger partial charge in [0.25, 0.3) is 0 Å². The summed E-state index contributed by atoms with van der Waals surface area (Å²) in [6.07, 6.45) is 15.5. The number of unbranched alkanes of at least 4 members (excludes halogenated alkanes) is 10. The lowest BCUT2D eigenvalue weighted by molar-refractivity contribution is 0.116. The van der Waals surface area contributed by atoms with Gasteiger partial charge in [0, 0.05) is 0 Å². The monoisotopic (exact) mass is 243 g/mol. The Morgan fingerprint density at radius 3 is 1.76 bits per heavy atom. The number of hydrogen-bond donors (Lipinski definition) is 2. The van der Waals surface area contributed by atoms with Crippen LogP contribution in [0.4, 0.5) is 0 Å². The molecule has 0 fully saturated rings. The molecule has 1 atom stereocenters. The van der Waals surface area contributed by atoms with Crippen molar-refractivity contribution in [3.63, 3.8) is 0 Å². The van der Waals surface area contributed by atoms with Gasteiger partial charge >= 0.3 is 0 Å². The Hall–Kier alpha value is -0.0800. The van der Waals surface area contributed by atoms with Gasteiger partial charge in [0.15, 0.2) is 0 Å². The Balaban J connectivity index is 2.94. The summed E-state index contributed by atoms with van der Waals surface area (Å²) >= 11 is 0. The molecule has 0 aliphatic carbocycles. The Morgan fingerprint density at radius 1 is 0.824 bits per heavy atom. The van der Waals surface area contributed by atoms with Crippen LogP contribution in [0.25, 0.3) is 0 Å². The Morgan fingerprint density at radius 2 is 1.29 bits per heavy atom. The summed E-state index contributed by atoms with van der Waals surface area (Å²) in [5.41, 5.74) is 0. The van der Waals surface area contributed by atoms with Crippen LogP contribution in [0.3, 0.4) is 0 Å². The Labute approximate surface area is 107 Å². The fraction of sp³-hybridized carbons (Fsp3) is 0.933. The van der Waals surface area contributed by atoms with Crippen LogP contribution in [-0.4, -0.2) is 22.9 Å². The van der Waals surface area contributed by atoms with E-state index in [-0.39, 0.29) is 6.61 Å². The van der Waals surface area contributed by atoms with Crippen LogP contribution in [-0.2, 0) is 0 Å². The molecule has 17 heavy (non-hydrogen) atoms. The first-order chi connectivity index (χ1) is 8.31. The van der Waals surface area contributed by atoms with Gasteiger partial charge in [-0.15, -0.1) is 0 Å². The standard InChI is InChI=1S/C15H31O2/c1-2-3-4-5-6-7-8-9-10-11-12-13-15(17)14-16/h13,15-17H,2-12,14H2,1H3. The molecule has 0 aliphatic rings. The molecule has 0 heterocycles. The highest BCUT2D eigenvalue weighted by Gasteiger charge is 2.00. The molecule has 0 aromatic heterocycles. The van der Waals surface area contributed by atoms with E-state index in [4.69, 9.17) is 10.2 Å². The summed E-state index contributed by atoms with van der Waals surface area (Å²) in [7, 11) is 0. The third-order valence-corrected chi connectivity index (χ3v) is 3.18. The summed E-state index contributed by atoms with van der Waals surface area (Å²) in [6.45, 7) is 2.11. The van der Waals surface area contributed by atoms with Crippen molar-refractivity contribution in [3.8, 4) is 0 Å². The van der Waals surface area contributed by atoms with Crippen LogP contribution in [0, 0.1) is 6.42 Å². The van der Waals surface area contributed by atoms with Crippen LogP contribution in [0.1, 0.15) is 77.6 Å². The minimum atomic E-state index is -0.617. The van der Waals surface area contributed by atoms with Crippen molar-refractivity contribution < 1.29 is 10.2 Å². The molecule has 0 spiro atoms. The average molecular weight is 243 g/mol. The molecule has 0 aromatic rings. The number of aliphatic hydroxyl groups is 2. The molecule has 0 bridgehead atoms. The van der Waals surface area contributed by atoms with Crippen molar-refractivity contribution in [1.29, 1.82) is 0 Å². The van der Waals surface area contributed by atoms with E-state index in [2.05, 4.69) is 6.92 Å². The molecule has 1 radical (unpaired) electrons. The summed E-state index contributed by atoms with van der Waals surface area (Å²) in [5, 5.41) is 17.7. The zero-order valence-corrected chi connectivity index (χ0v) is 11.5. The number of aliphatic hydroxyl groups excluding tert-OH is 2. The Bertz CT molecular complexity index is 137. The van der Waals surface area contributed by atoms with Crippen LogP contribution in [0.2, 0.25) is 0 Å². The van der Waals surface area contributed by atoms with Crippen LogP contribution in [0.15, 0.2) is 0 Å². The minimum absolute atomic E-state index is 0.141. The summed E-state index contributed by atoms with van der Waals surface area (Å²) in [6, 6.07) is 0. The smallest absolute Gasteiger partial charge is 0.0802 e. The average Bonchev–Trinajstić information content (AvgIpc) is 2.35. The Kier molecular flexibility index (Phi) is 13.9. The van der Waals surface area contributed by atoms with Crippen molar-refractivity contribution >= 4 is 0 Å². The van der Waals surface area contributed by atoms with E-state index in [9.17, 15) is 0 Å². The molecule has 0 saturated carbocycles. The third-order valence-electron chi connectivity index (χ3n) is 3.18. The predicted octanol–water partition coefficient (Wildman–Crippen LogP) is 3.85. The first-order valence-electron chi connectivity index (χ1n) is 7.43. The fourth-order valence-corrected chi connectivity index (χ4v) is 2.02. The van der Waals surface area contributed by atoms with E-state index in [1.54, 1.807) is 0 Å². The van der Waals surface area contributed by atoms with Gasteiger partial charge in [-0.25, -0.2) is 0 Å². The van der Waals surface area contributed by atoms with Crippen LogP contribution >= 0.6 is 0 Å². The molecule has 103 valence electrons. The largest absolute Gasteiger partial charge is 0.394 e. The lowest BCUT2D eigenvalue weighted by atomic mass is 10.0. The molecule has 2 nitrogen and oxygen atoms in total. The molecular formula is C15H31O2. The van der Waals surface area contributed by atoms with Crippen LogP contribution < -0.4 is 0 Å². The normalized spacial score (nSPS) is 12.9. The van der Waals surface area contributed by atoms with Gasteiger partial charge in [0.1, 0.15) is 0 Å². The van der Waals surface area contributed by atoms with Gasteiger partial charge < -0.3 is 10.2 Å². The molecule has 2 heteroatoms. The highest BCUT2D eigenvalue weighted by Crippen LogP contribution is 2.12. The quantitative estimate of drug-likeness (QED) is 0.482. The van der Waals surface area contributed by atoms with Crippen molar-refractivity contribution in [2.75, 3.05) is 6.61 Å². The van der Waals surface area contributed by atoms with Gasteiger partial charge in [0.05, 0.1) is 12.7 Å². The first kappa shape index (κ1) is 16.9. The van der Waals surface area contributed by atoms with Crippen LogP contribution in [0.5, 0.6) is 0 Å². The maximum absolute atomic E-state index is 9.10. The van der Waals surface area contributed by atoms with Gasteiger partial charge in [-0.3, -0.25) is 0 Å². The molecular weight excluding hydrogens is 212 g/mol. The van der Waals surface area contributed by atoms with Gasteiger partial charge in [0.2, 0.25) is 0 Å². The summed E-state index contributed by atoms with van der Waals surface area (Å²) < 4.78 is 0. The van der Waals surface area contributed by atoms with Gasteiger partial charge in [-0.05, 0) is 12.8 Å². The van der Waals surface area contributed by atoms with E-state index >= 15 is 0 Å². The topological polar surface area (TPSA) is 40.5 Å².